The summed E-state index contributed by atoms with van der Waals surface area (Å²) >= 11 is 0. The maximum atomic E-state index is 12.7. The monoisotopic (exact) mass is 210 g/mol. The van der Waals surface area contributed by atoms with E-state index >= 15 is 0 Å². The number of rotatable bonds is 3. The van der Waals surface area contributed by atoms with Crippen molar-refractivity contribution in [3.8, 4) is 0 Å². The van der Waals surface area contributed by atoms with E-state index in [4.69, 9.17) is 9.05 Å². The third-order valence-corrected chi connectivity index (χ3v) is 3.62. The molecule has 1 rings (SSSR count). The van der Waals surface area contributed by atoms with Gasteiger partial charge in [0, 0.05) is 13.8 Å². The van der Waals surface area contributed by atoms with Gasteiger partial charge in [-0.3, -0.25) is 4.57 Å². The summed E-state index contributed by atoms with van der Waals surface area (Å²) in [5.41, 5.74) is 0. The lowest BCUT2D eigenvalue weighted by Gasteiger charge is -2.26. The average molecular weight is 210 g/mol. The quantitative estimate of drug-likeness (QED) is 0.672. The second kappa shape index (κ2) is 4.54. The Bertz CT molecular complexity index is 202. The molecule has 0 heterocycles. The molecule has 0 saturated heterocycles. The second-order valence-corrected chi connectivity index (χ2v) is 5.55. The van der Waals surface area contributed by atoms with Gasteiger partial charge in [-0.1, -0.05) is 0 Å². The average Bonchev–Trinajstić information content (AvgIpc) is 2.09. The summed E-state index contributed by atoms with van der Waals surface area (Å²) in [6, 6.07) is 0. The summed E-state index contributed by atoms with van der Waals surface area (Å²) in [7, 11) is -1.52. The van der Waals surface area contributed by atoms with Crippen LogP contribution < -0.4 is 0 Å². The zero-order valence-corrected chi connectivity index (χ0v) is 8.93. The predicted molar refractivity (Wildman–Crippen MR) is 48.8 cm³/mol. The minimum absolute atomic E-state index is 0.0946. The molecule has 5 heteroatoms. The molecule has 0 N–H and O–H groups in total. The van der Waals surface area contributed by atoms with Gasteiger partial charge < -0.3 is 9.05 Å². The van der Waals surface area contributed by atoms with Crippen molar-refractivity contribution in [2.45, 2.75) is 38.0 Å². The second-order valence-electron chi connectivity index (χ2n) is 3.43. The SMILES string of the molecule is COP(C)(=O)OC1CCC(F)CC1. The first-order chi connectivity index (χ1) is 6.03. The Labute approximate surface area is 78.1 Å². The lowest BCUT2D eigenvalue weighted by molar-refractivity contribution is 0.0976. The van der Waals surface area contributed by atoms with Gasteiger partial charge in [-0.15, -0.1) is 0 Å². The van der Waals surface area contributed by atoms with E-state index in [2.05, 4.69) is 0 Å². The Morgan fingerprint density at radius 2 is 1.85 bits per heavy atom. The summed E-state index contributed by atoms with van der Waals surface area (Å²) in [4.78, 5) is 0. The van der Waals surface area contributed by atoms with Crippen LogP contribution in [0.4, 0.5) is 4.39 Å². The van der Waals surface area contributed by atoms with Crippen LogP contribution in [0.15, 0.2) is 0 Å². The lowest BCUT2D eigenvalue weighted by atomic mass is 9.96. The smallest absolute Gasteiger partial charge is 0.312 e. The van der Waals surface area contributed by atoms with E-state index in [1.165, 1.54) is 13.8 Å². The molecule has 0 aliphatic heterocycles. The number of hydrogen-bond donors (Lipinski definition) is 0. The van der Waals surface area contributed by atoms with Crippen molar-refractivity contribution >= 4 is 7.60 Å². The van der Waals surface area contributed by atoms with Crippen molar-refractivity contribution in [1.29, 1.82) is 0 Å². The molecule has 0 aromatic carbocycles. The maximum Gasteiger partial charge on any atom is 0.327 e. The van der Waals surface area contributed by atoms with E-state index in [1.807, 2.05) is 0 Å². The molecule has 1 aliphatic rings. The molecule has 1 aliphatic carbocycles. The Kier molecular flexibility index (Phi) is 3.89. The molecule has 1 unspecified atom stereocenters. The maximum absolute atomic E-state index is 12.7. The summed E-state index contributed by atoms with van der Waals surface area (Å²) in [6.45, 7) is 1.44. The highest BCUT2D eigenvalue weighted by Crippen LogP contribution is 2.46. The van der Waals surface area contributed by atoms with Crippen LogP contribution in [-0.2, 0) is 13.6 Å². The number of alkyl halides is 1. The van der Waals surface area contributed by atoms with Crippen LogP contribution in [0.25, 0.3) is 0 Å². The Hall–Kier alpha value is 0.0800. The van der Waals surface area contributed by atoms with Gasteiger partial charge in [0.25, 0.3) is 0 Å². The van der Waals surface area contributed by atoms with E-state index in [0.717, 1.165) is 0 Å². The summed E-state index contributed by atoms with van der Waals surface area (Å²) in [5, 5.41) is 0. The molecule has 1 atom stereocenters. The van der Waals surface area contributed by atoms with E-state index in [9.17, 15) is 8.96 Å². The lowest BCUT2D eigenvalue weighted by Crippen LogP contribution is -2.21. The van der Waals surface area contributed by atoms with Gasteiger partial charge in [0.2, 0.25) is 0 Å². The van der Waals surface area contributed by atoms with Gasteiger partial charge >= 0.3 is 7.60 Å². The predicted octanol–water partition coefficient (Wildman–Crippen LogP) is 2.75. The third-order valence-electron chi connectivity index (χ3n) is 2.28. The van der Waals surface area contributed by atoms with Gasteiger partial charge in [0.15, 0.2) is 0 Å². The fourth-order valence-electron chi connectivity index (χ4n) is 1.44. The molecule has 0 amide bonds. The minimum Gasteiger partial charge on any atom is -0.312 e. The van der Waals surface area contributed by atoms with Crippen molar-refractivity contribution in [3.05, 3.63) is 0 Å². The first kappa shape index (κ1) is 11.2. The molecule has 0 radical (unpaired) electrons. The highest BCUT2D eigenvalue weighted by Gasteiger charge is 2.26. The van der Waals surface area contributed by atoms with Gasteiger partial charge in [-0.25, -0.2) is 4.39 Å². The van der Waals surface area contributed by atoms with Crippen molar-refractivity contribution < 1.29 is 18.0 Å². The Morgan fingerprint density at radius 1 is 1.31 bits per heavy atom. The normalized spacial score (nSPS) is 34.1. The largest absolute Gasteiger partial charge is 0.327 e. The van der Waals surface area contributed by atoms with Crippen LogP contribution in [0.1, 0.15) is 25.7 Å². The van der Waals surface area contributed by atoms with Crippen LogP contribution in [0.5, 0.6) is 0 Å². The highest BCUT2D eigenvalue weighted by atomic mass is 31.2. The Morgan fingerprint density at radius 3 is 2.31 bits per heavy atom. The fraction of sp³-hybridized carbons (Fsp3) is 1.00. The number of halogens is 1. The zero-order chi connectivity index (χ0) is 9.90. The molecular formula is C8H16FO3P. The van der Waals surface area contributed by atoms with Gasteiger partial charge in [0.05, 0.1) is 6.10 Å². The van der Waals surface area contributed by atoms with Crippen LogP contribution in [-0.4, -0.2) is 26.1 Å². The standard InChI is InChI=1S/C8H16FO3P/c1-11-13(2,10)12-8-5-3-7(9)4-6-8/h7-8H,3-6H2,1-2H3. The van der Waals surface area contributed by atoms with Crippen LogP contribution in [0.2, 0.25) is 0 Å². The van der Waals surface area contributed by atoms with E-state index in [1.54, 1.807) is 0 Å². The Balaban J connectivity index is 2.34. The molecule has 0 aromatic rings. The summed E-state index contributed by atoms with van der Waals surface area (Å²) in [5.74, 6) is 0. The molecule has 0 spiro atoms. The van der Waals surface area contributed by atoms with Crippen LogP contribution >= 0.6 is 7.60 Å². The van der Waals surface area contributed by atoms with E-state index < -0.39 is 13.8 Å². The van der Waals surface area contributed by atoms with Crippen LogP contribution in [0, 0.1) is 0 Å². The van der Waals surface area contributed by atoms with Crippen molar-refractivity contribution in [2.75, 3.05) is 13.8 Å². The van der Waals surface area contributed by atoms with Crippen molar-refractivity contribution in [3.63, 3.8) is 0 Å². The fourth-order valence-corrected chi connectivity index (χ4v) is 2.28. The molecule has 1 saturated carbocycles. The first-order valence-corrected chi connectivity index (χ1v) is 6.48. The third kappa shape index (κ3) is 3.75. The summed E-state index contributed by atoms with van der Waals surface area (Å²) in [6.07, 6.45) is 1.49. The van der Waals surface area contributed by atoms with Gasteiger partial charge in [0.1, 0.15) is 6.17 Å². The van der Waals surface area contributed by atoms with E-state index in [0.29, 0.717) is 25.7 Å². The van der Waals surface area contributed by atoms with Crippen molar-refractivity contribution in [2.24, 2.45) is 0 Å². The van der Waals surface area contributed by atoms with Crippen molar-refractivity contribution in [1.82, 2.24) is 0 Å². The molecule has 0 bridgehead atoms. The number of hydrogen-bond acceptors (Lipinski definition) is 3. The van der Waals surface area contributed by atoms with Crippen LogP contribution in [0.3, 0.4) is 0 Å². The highest BCUT2D eigenvalue weighted by molar-refractivity contribution is 7.52. The zero-order valence-electron chi connectivity index (χ0n) is 8.03. The van der Waals surface area contributed by atoms with Gasteiger partial charge in [-0.05, 0) is 25.7 Å². The molecule has 13 heavy (non-hydrogen) atoms. The molecule has 78 valence electrons. The van der Waals surface area contributed by atoms with E-state index in [-0.39, 0.29) is 6.10 Å². The molecule has 0 aromatic heterocycles. The molecule has 1 fully saturated rings. The summed E-state index contributed by atoms with van der Waals surface area (Å²) < 4.78 is 34.1. The first-order valence-electron chi connectivity index (χ1n) is 4.49. The van der Waals surface area contributed by atoms with Gasteiger partial charge in [-0.2, -0.15) is 0 Å². The topological polar surface area (TPSA) is 35.5 Å². The molecular weight excluding hydrogens is 194 g/mol. The molecule has 3 nitrogen and oxygen atoms in total. The minimum atomic E-state index is -2.88.